The summed E-state index contributed by atoms with van der Waals surface area (Å²) >= 11 is 18.4. The minimum absolute atomic E-state index is 0.00750. The maximum atomic E-state index is 11.4. The number of methoxy groups -OCH3 is 2. The van der Waals surface area contributed by atoms with Crippen molar-refractivity contribution in [3.63, 3.8) is 0 Å². The molecule has 0 aliphatic heterocycles. The number of rotatable bonds is 7. The van der Waals surface area contributed by atoms with Gasteiger partial charge in [0.05, 0.1) is 35.4 Å². The maximum absolute atomic E-state index is 11.4. The fourth-order valence-electron chi connectivity index (χ4n) is 2.32. The molecule has 1 N–H and O–H groups in total. The second kappa shape index (κ2) is 13.5. The van der Waals surface area contributed by atoms with E-state index >= 15 is 0 Å². The summed E-state index contributed by atoms with van der Waals surface area (Å²) in [6.07, 6.45) is 3.68. The molecule has 172 valence electrons. The molecule has 0 aliphatic rings. The number of ether oxygens (including phenoxy) is 3. The number of benzene rings is 2. The largest absolute Gasteiger partial charge is 0.506 e. The molecule has 0 amide bonds. The van der Waals surface area contributed by atoms with Crippen LogP contribution in [0.25, 0.3) is 0 Å². The number of allylic oxidation sites excluding steroid dienone is 1. The zero-order chi connectivity index (χ0) is 24.4. The molecule has 0 atom stereocenters. The number of hydrogen-bond acceptors (Lipinski definition) is 6. The lowest BCUT2D eigenvalue weighted by Crippen LogP contribution is -2.04. The van der Waals surface area contributed by atoms with E-state index in [-0.39, 0.29) is 26.9 Å². The van der Waals surface area contributed by atoms with Crippen LogP contribution in [-0.2, 0) is 15.9 Å². The molecule has 0 aliphatic carbocycles. The summed E-state index contributed by atoms with van der Waals surface area (Å²) in [5.74, 6) is -0.811. The lowest BCUT2D eigenvalue weighted by molar-refractivity contribution is 0.0591. The van der Waals surface area contributed by atoms with Crippen molar-refractivity contribution >= 4 is 67.0 Å². The zero-order valence-electron chi connectivity index (χ0n) is 17.2. The van der Waals surface area contributed by atoms with E-state index in [1.165, 1.54) is 20.3 Å². The minimum atomic E-state index is -0.592. The van der Waals surface area contributed by atoms with Gasteiger partial charge in [0.2, 0.25) is 0 Å². The van der Waals surface area contributed by atoms with Crippen LogP contribution in [-0.4, -0.2) is 37.9 Å². The lowest BCUT2D eigenvalue weighted by atomic mass is 10.1. The van der Waals surface area contributed by atoms with E-state index in [1.54, 1.807) is 24.3 Å². The average molecular weight is 611 g/mol. The van der Waals surface area contributed by atoms with Gasteiger partial charge in [-0.1, -0.05) is 73.8 Å². The number of carbonyl (C=O) groups excluding carboxylic acids is 2. The van der Waals surface area contributed by atoms with E-state index in [9.17, 15) is 14.7 Å². The highest BCUT2D eigenvalue weighted by Gasteiger charge is 2.19. The SMILES string of the molecule is C=CCOc1cc(Br)cc(C(=O)OC)c1Cl.C=CCc1c(Br)cc(C(=O)OC)c(Cl)c1O. The van der Waals surface area contributed by atoms with Gasteiger partial charge in [-0.2, -0.15) is 0 Å². The monoisotopic (exact) mass is 608 g/mol. The van der Waals surface area contributed by atoms with Gasteiger partial charge in [-0.25, -0.2) is 9.59 Å². The van der Waals surface area contributed by atoms with Crippen LogP contribution in [0, 0.1) is 0 Å². The quantitative estimate of drug-likeness (QED) is 0.275. The van der Waals surface area contributed by atoms with E-state index < -0.39 is 11.9 Å². The Balaban J connectivity index is 0.000000320. The van der Waals surface area contributed by atoms with Crippen LogP contribution in [0.5, 0.6) is 11.5 Å². The lowest BCUT2D eigenvalue weighted by Gasteiger charge is -2.10. The molecule has 2 aromatic carbocycles. The number of carbonyl (C=O) groups is 2. The fraction of sp³-hybridized carbons (Fsp3) is 0.182. The molecule has 0 aromatic heterocycles. The second-order valence-electron chi connectivity index (χ2n) is 5.89. The Bertz CT molecular complexity index is 1020. The molecule has 0 saturated heterocycles. The van der Waals surface area contributed by atoms with Crippen LogP contribution in [0.3, 0.4) is 0 Å². The fourth-order valence-corrected chi connectivity index (χ4v) is 3.83. The smallest absolute Gasteiger partial charge is 0.339 e. The highest BCUT2D eigenvalue weighted by molar-refractivity contribution is 9.10. The topological polar surface area (TPSA) is 82.1 Å². The predicted octanol–water partition coefficient (Wildman–Crippen LogP) is 6.78. The predicted molar refractivity (Wildman–Crippen MR) is 132 cm³/mol. The molecule has 0 fully saturated rings. The highest BCUT2D eigenvalue weighted by Crippen LogP contribution is 2.37. The van der Waals surface area contributed by atoms with E-state index in [1.807, 2.05) is 0 Å². The normalized spacial score (nSPS) is 9.81. The van der Waals surface area contributed by atoms with Crippen molar-refractivity contribution < 1.29 is 28.9 Å². The molecule has 6 nitrogen and oxygen atoms in total. The Morgan fingerprint density at radius 2 is 1.56 bits per heavy atom. The number of phenols is 1. The molecule has 0 radical (unpaired) electrons. The molecule has 0 bridgehead atoms. The van der Waals surface area contributed by atoms with Gasteiger partial charge >= 0.3 is 11.9 Å². The van der Waals surface area contributed by atoms with E-state index in [0.717, 1.165) is 0 Å². The van der Waals surface area contributed by atoms with Crippen molar-refractivity contribution in [2.24, 2.45) is 0 Å². The Hall–Kier alpha value is -2.00. The molecular weight excluding hydrogens is 591 g/mol. The minimum Gasteiger partial charge on any atom is -0.506 e. The van der Waals surface area contributed by atoms with E-state index in [4.69, 9.17) is 27.9 Å². The Morgan fingerprint density at radius 1 is 1.00 bits per heavy atom. The first-order valence-corrected chi connectivity index (χ1v) is 11.2. The van der Waals surface area contributed by atoms with Gasteiger partial charge in [0.15, 0.2) is 0 Å². The van der Waals surface area contributed by atoms with Crippen LogP contribution < -0.4 is 4.74 Å². The number of phenolic OH excluding ortho intramolecular Hbond substituents is 1. The van der Waals surface area contributed by atoms with E-state index in [0.29, 0.717) is 33.3 Å². The first-order chi connectivity index (χ1) is 15.1. The van der Waals surface area contributed by atoms with Crippen LogP contribution in [0.4, 0.5) is 0 Å². The van der Waals surface area contributed by atoms with Gasteiger partial charge in [0, 0.05) is 14.5 Å². The number of aromatic hydroxyl groups is 1. The third kappa shape index (κ3) is 7.27. The molecule has 32 heavy (non-hydrogen) atoms. The maximum Gasteiger partial charge on any atom is 0.339 e. The van der Waals surface area contributed by atoms with Crippen molar-refractivity contribution in [2.45, 2.75) is 6.42 Å². The van der Waals surface area contributed by atoms with Gasteiger partial charge in [-0.15, -0.1) is 6.58 Å². The summed E-state index contributed by atoms with van der Waals surface area (Å²) in [5.41, 5.74) is 0.978. The van der Waals surface area contributed by atoms with E-state index in [2.05, 4.69) is 54.5 Å². The molecular formula is C22H20Br2Cl2O6. The Kier molecular flexibility index (Phi) is 11.8. The van der Waals surface area contributed by atoms with Crippen molar-refractivity contribution in [1.82, 2.24) is 0 Å². The van der Waals surface area contributed by atoms with Crippen LogP contribution in [0.15, 0.2) is 52.5 Å². The van der Waals surface area contributed by atoms with Crippen LogP contribution >= 0.6 is 55.1 Å². The number of halogens is 4. The molecule has 2 rings (SSSR count). The molecule has 10 heteroatoms. The molecule has 0 saturated carbocycles. The first kappa shape index (κ1) is 28.0. The third-order valence-electron chi connectivity index (χ3n) is 3.81. The van der Waals surface area contributed by atoms with Gasteiger partial charge < -0.3 is 19.3 Å². The average Bonchev–Trinajstić information content (AvgIpc) is 2.78. The van der Waals surface area contributed by atoms with Gasteiger partial charge in [0.1, 0.15) is 18.1 Å². The summed E-state index contributed by atoms with van der Waals surface area (Å²) in [6.45, 7) is 7.42. The number of hydrogen-bond donors (Lipinski definition) is 1. The van der Waals surface area contributed by atoms with Crippen molar-refractivity contribution in [3.05, 3.63) is 79.2 Å². The van der Waals surface area contributed by atoms with Gasteiger partial charge in [-0.3, -0.25) is 0 Å². The van der Waals surface area contributed by atoms with Crippen molar-refractivity contribution in [1.29, 1.82) is 0 Å². The Morgan fingerprint density at radius 3 is 2.06 bits per heavy atom. The Labute approximate surface area is 213 Å². The summed E-state index contributed by atoms with van der Waals surface area (Å²) in [7, 11) is 2.55. The summed E-state index contributed by atoms with van der Waals surface area (Å²) in [6, 6.07) is 4.78. The van der Waals surface area contributed by atoms with Crippen molar-refractivity contribution in [3.8, 4) is 11.5 Å². The number of esters is 2. The molecule has 0 heterocycles. The second-order valence-corrected chi connectivity index (χ2v) is 8.41. The first-order valence-electron chi connectivity index (χ1n) is 8.82. The highest BCUT2D eigenvalue weighted by atomic mass is 79.9. The third-order valence-corrected chi connectivity index (χ3v) is 5.75. The summed E-state index contributed by atoms with van der Waals surface area (Å²) < 4.78 is 15.8. The zero-order valence-corrected chi connectivity index (χ0v) is 21.9. The van der Waals surface area contributed by atoms with Gasteiger partial charge in [0.25, 0.3) is 0 Å². The molecule has 0 unspecified atom stereocenters. The molecule has 0 spiro atoms. The summed E-state index contributed by atoms with van der Waals surface area (Å²) in [5, 5.41) is 10.0. The summed E-state index contributed by atoms with van der Waals surface area (Å²) in [4.78, 5) is 22.8. The van der Waals surface area contributed by atoms with Crippen molar-refractivity contribution in [2.75, 3.05) is 20.8 Å². The van der Waals surface area contributed by atoms with Gasteiger partial charge in [-0.05, 0) is 24.6 Å². The standard InChI is InChI=1S/2C11H10BrClO3/c1-3-4-16-9-6-7(12)5-8(10(9)13)11(14)15-2;1-3-4-6-8(12)5-7(11(15)16-2)9(13)10(6)14/h3,5-6H,1,4H2,2H3;3,5,14H,1,4H2,2H3. The van der Waals surface area contributed by atoms with Crippen LogP contribution in [0.2, 0.25) is 10.0 Å². The van der Waals surface area contributed by atoms with Crippen LogP contribution in [0.1, 0.15) is 26.3 Å². The molecule has 2 aromatic rings.